The topological polar surface area (TPSA) is 59.2 Å². The highest BCUT2D eigenvalue weighted by atomic mass is 16.5. The van der Waals surface area contributed by atoms with Crippen molar-refractivity contribution < 1.29 is 9.53 Å². The molecule has 3 aliphatic carbocycles. The molecule has 1 aromatic rings. The molecule has 1 N–H and O–H groups in total. The van der Waals surface area contributed by atoms with Crippen LogP contribution in [0, 0.1) is 17.3 Å². The number of esters is 1. The number of aromatic nitrogens is 1. The average Bonchev–Trinajstić information content (AvgIpc) is 2.53. The minimum Gasteiger partial charge on any atom is -0.465 e. The molecule has 0 aliphatic heterocycles. The maximum Gasteiger partial charge on any atom is 0.306 e. The predicted molar refractivity (Wildman–Crippen MR) is 89.0 cm³/mol. The van der Waals surface area contributed by atoms with Crippen molar-refractivity contribution in [2.75, 3.05) is 6.61 Å². The Morgan fingerprint density at radius 2 is 2.17 bits per heavy atom. The lowest BCUT2D eigenvalue weighted by Crippen LogP contribution is -2.48. The fourth-order valence-corrected chi connectivity index (χ4v) is 3.99. The summed E-state index contributed by atoms with van der Waals surface area (Å²) < 4.78 is 5.36. The van der Waals surface area contributed by atoms with Crippen LogP contribution in [0.1, 0.15) is 45.2 Å². The Bertz CT molecular complexity index is 671. The first-order valence-electron chi connectivity index (χ1n) is 8.49. The quantitative estimate of drug-likeness (QED) is 0.647. The standard InChI is InChI=1S/C19H25NO3/c1-19(2)14-7-6-13(16(19)12-14)10-11-23-18(22)9-8-15-4-3-5-17(21)20-15/h3-6,14,16H,7-12H2,1-2H3,(H,20,21)/t14-,16-/m0/s1. The van der Waals surface area contributed by atoms with Gasteiger partial charge in [-0.05, 0) is 42.6 Å². The summed E-state index contributed by atoms with van der Waals surface area (Å²) in [5.74, 6) is 1.32. The summed E-state index contributed by atoms with van der Waals surface area (Å²) >= 11 is 0. The first kappa shape index (κ1) is 16.0. The summed E-state index contributed by atoms with van der Waals surface area (Å²) in [6.07, 6.45) is 6.49. The highest BCUT2D eigenvalue weighted by molar-refractivity contribution is 5.69. The van der Waals surface area contributed by atoms with Crippen LogP contribution in [0.15, 0.2) is 34.6 Å². The number of nitrogens with one attached hydrogen (secondary N) is 1. The third-order valence-corrected chi connectivity index (χ3v) is 5.66. The Kier molecular flexibility index (Phi) is 4.42. The van der Waals surface area contributed by atoms with E-state index >= 15 is 0 Å². The second-order valence-corrected chi connectivity index (χ2v) is 7.33. The number of hydrogen-bond acceptors (Lipinski definition) is 3. The van der Waals surface area contributed by atoms with E-state index in [4.69, 9.17) is 4.74 Å². The fraction of sp³-hybridized carbons (Fsp3) is 0.579. The van der Waals surface area contributed by atoms with Gasteiger partial charge in [0.05, 0.1) is 13.0 Å². The van der Waals surface area contributed by atoms with Gasteiger partial charge in [-0.15, -0.1) is 0 Å². The molecule has 0 amide bonds. The van der Waals surface area contributed by atoms with Crippen molar-refractivity contribution in [1.82, 2.24) is 4.98 Å². The third kappa shape index (κ3) is 3.41. The zero-order chi connectivity index (χ0) is 16.4. The van der Waals surface area contributed by atoms with Crippen LogP contribution in [0.4, 0.5) is 0 Å². The van der Waals surface area contributed by atoms with Crippen molar-refractivity contribution in [2.45, 2.75) is 46.0 Å². The number of fused-ring (bicyclic) bond motifs is 1. The van der Waals surface area contributed by atoms with E-state index in [1.807, 2.05) is 6.07 Å². The summed E-state index contributed by atoms with van der Waals surface area (Å²) in [7, 11) is 0. The zero-order valence-corrected chi connectivity index (χ0v) is 13.9. The molecule has 1 aromatic heterocycles. The van der Waals surface area contributed by atoms with E-state index in [0.717, 1.165) is 18.0 Å². The van der Waals surface area contributed by atoms with Gasteiger partial charge in [-0.3, -0.25) is 9.59 Å². The molecule has 1 heterocycles. The highest BCUT2D eigenvalue weighted by Crippen LogP contribution is 2.59. The molecule has 0 aromatic carbocycles. The summed E-state index contributed by atoms with van der Waals surface area (Å²) in [5.41, 5.74) is 2.53. The summed E-state index contributed by atoms with van der Waals surface area (Å²) in [5, 5.41) is 0. The number of hydrogen-bond donors (Lipinski definition) is 1. The van der Waals surface area contributed by atoms with Crippen molar-refractivity contribution in [3.8, 4) is 0 Å². The van der Waals surface area contributed by atoms with Crippen molar-refractivity contribution in [3.05, 3.63) is 45.9 Å². The molecule has 2 bridgehead atoms. The smallest absolute Gasteiger partial charge is 0.306 e. The van der Waals surface area contributed by atoms with Crippen molar-refractivity contribution >= 4 is 5.97 Å². The van der Waals surface area contributed by atoms with Gasteiger partial charge in [-0.25, -0.2) is 0 Å². The largest absolute Gasteiger partial charge is 0.465 e. The zero-order valence-electron chi connectivity index (χ0n) is 13.9. The normalized spacial score (nSPS) is 24.5. The molecule has 3 aliphatic rings. The van der Waals surface area contributed by atoms with Crippen molar-refractivity contribution in [2.24, 2.45) is 17.3 Å². The molecule has 124 valence electrons. The Morgan fingerprint density at radius 3 is 2.87 bits per heavy atom. The first-order valence-corrected chi connectivity index (χ1v) is 8.49. The lowest BCUT2D eigenvalue weighted by molar-refractivity contribution is -0.143. The van der Waals surface area contributed by atoms with E-state index in [0.29, 0.717) is 30.8 Å². The molecule has 23 heavy (non-hydrogen) atoms. The second kappa shape index (κ2) is 6.34. The van der Waals surface area contributed by atoms with E-state index in [-0.39, 0.29) is 11.5 Å². The van der Waals surface area contributed by atoms with Crippen LogP contribution in [-0.4, -0.2) is 17.6 Å². The first-order chi connectivity index (χ1) is 11.0. The summed E-state index contributed by atoms with van der Waals surface area (Å²) in [6, 6.07) is 4.98. The van der Waals surface area contributed by atoms with Crippen LogP contribution in [0.3, 0.4) is 0 Å². The lowest BCUT2D eigenvalue weighted by Gasteiger charge is -2.56. The number of aromatic amines is 1. The van der Waals surface area contributed by atoms with Crippen LogP contribution in [0.2, 0.25) is 0 Å². The maximum absolute atomic E-state index is 11.8. The van der Waals surface area contributed by atoms with Crippen LogP contribution in [0.25, 0.3) is 0 Å². The molecule has 0 unspecified atom stereocenters. The van der Waals surface area contributed by atoms with Gasteiger partial charge in [0.1, 0.15) is 0 Å². The van der Waals surface area contributed by atoms with Gasteiger partial charge < -0.3 is 9.72 Å². The van der Waals surface area contributed by atoms with E-state index < -0.39 is 0 Å². The number of ether oxygens (including phenoxy) is 1. The van der Waals surface area contributed by atoms with Gasteiger partial charge in [0.2, 0.25) is 5.56 Å². The summed E-state index contributed by atoms with van der Waals surface area (Å²) in [6.45, 7) is 5.17. The number of H-pyrrole nitrogens is 1. The summed E-state index contributed by atoms with van der Waals surface area (Å²) in [4.78, 5) is 25.7. The number of carbonyl (C=O) groups is 1. The van der Waals surface area contributed by atoms with E-state index in [2.05, 4.69) is 24.9 Å². The second-order valence-electron chi connectivity index (χ2n) is 7.33. The van der Waals surface area contributed by atoms with E-state index in [1.54, 1.807) is 6.07 Å². The fourth-order valence-electron chi connectivity index (χ4n) is 3.99. The van der Waals surface area contributed by atoms with Gasteiger partial charge in [-0.2, -0.15) is 0 Å². The van der Waals surface area contributed by atoms with Gasteiger partial charge in [0, 0.05) is 18.2 Å². The SMILES string of the molecule is CC1(C)[C@H]2CC=C(CCOC(=O)CCc3cccc(=O)[nH]3)[C@@H]1C2. The van der Waals surface area contributed by atoms with Crippen LogP contribution in [0.5, 0.6) is 0 Å². The Balaban J connectivity index is 1.40. The number of aryl methyl sites for hydroxylation is 1. The molecule has 1 fully saturated rings. The minimum atomic E-state index is -0.197. The lowest BCUT2D eigenvalue weighted by atomic mass is 9.48. The molecule has 2 atom stereocenters. The Hall–Kier alpha value is -1.84. The molecule has 0 radical (unpaired) electrons. The van der Waals surface area contributed by atoms with Crippen LogP contribution >= 0.6 is 0 Å². The van der Waals surface area contributed by atoms with Crippen LogP contribution in [-0.2, 0) is 16.0 Å². The number of rotatable bonds is 6. The number of pyridine rings is 1. The van der Waals surface area contributed by atoms with E-state index in [9.17, 15) is 9.59 Å². The predicted octanol–water partition coefficient (Wildman–Crippen LogP) is 3.23. The van der Waals surface area contributed by atoms with Gasteiger partial charge >= 0.3 is 5.97 Å². The third-order valence-electron chi connectivity index (χ3n) is 5.66. The molecule has 0 saturated heterocycles. The van der Waals surface area contributed by atoms with Gasteiger partial charge in [0.25, 0.3) is 0 Å². The Morgan fingerprint density at radius 1 is 1.35 bits per heavy atom. The molecular weight excluding hydrogens is 290 g/mol. The Labute approximate surface area is 136 Å². The monoisotopic (exact) mass is 315 g/mol. The molecule has 1 saturated carbocycles. The van der Waals surface area contributed by atoms with E-state index in [1.165, 1.54) is 24.5 Å². The molecule has 0 spiro atoms. The molecular formula is C19H25NO3. The van der Waals surface area contributed by atoms with Crippen LogP contribution < -0.4 is 5.56 Å². The number of allylic oxidation sites excluding steroid dienone is 1. The maximum atomic E-state index is 11.8. The van der Waals surface area contributed by atoms with Crippen molar-refractivity contribution in [3.63, 3.8) is 0 Å². The average molecular weight is 315 g/mol. The highest BCUT2D eigenvalue weighted by Gasteiger charge is 2.50. The van der Waals surface area contributed by atoms with Crippen molar-refractivity contribution in [1.29, 1.82) is 0 Å². The number of carbonyl (C=O) groups excluding carboxylic acids is 1. The van der Waals surface area contributed by atoms with Gasteiger partial charge in [-0.1, -0.05) is 31.6 Å². The molecule has 4 heteroatoms. The molecule has 4 rings (SSSR count). The minimum absolute atomic E-state index is 0.137. The van der Waals surface area contributed by atoms with Gasteiger partial charge in [0.15, 0.2) is 0 Å². The molecule has 4 nitrogen and oxygen atoms in total.